The van der Waals surface area contributed by atoms with Crippen molar-refractivity contribution in [1.29, 1.82) is 0 Å². The minimum absolute atomic E-state index is 0.0391. The van der Waals surface area contributed by atoms with Gasteiger partial charge in [0, 0.05) is 26.2 Å². The van der Waals surface area contributed by atoms with Gasteiger partial charge in [-0.25, -0.2) is 13.1 Å². The normalized spacial score (nSPS) is 16.2. The standard InChI is InChI=1S/C14H20ClN3O4S/c15-12-3-1-2-4-13(12)23(20,21)17-11-14(19)16-5-6-18-7-9-22-10-8-18/h1-4,17H,5-11H2,(H,16,19). The van der Waals surface area contributed by atoms with Crippen molar-refractivity contribution >= 4 is 27.5 Å². The second kappa shape index (κ2) is 8.60. The van der Waals surface area contributed by atoms with E-state index in [1.807, 2.05) is 0 Å². The van der Waals surface area contributed by atoms with Crippen LogP contribution in [0.5, 0.6) is 0 Å². The van der Waals surface area contributed by atoms with Crippen LogP contribution in [0.4, 0.5) is 0 Å². The van der Waals surface area contributed by atoms with E-state index >= 15 is 0 Å². The summed E-state index contributed by atoms with van der Waals surface area (Å²) in [4.78, 5) is 13.9. The van der Waals surface area contributed by atoms with Gasteiger partial charge in [0.2, 0.25) is 15.9 Å². The highest BCUT2D eigenvalue weighted by atomic mass is 35.5. The van der Waals surface area contributed by atoms with E-state index in [1.54, 1.807) is 12.1 Å². The van der Waals surface area contributed by atoms with Crippen LogP contribution in [0.2, 0.25) is 5.02 Å². The van der Waals surface area contributed by atoms with E-state index < -0.39 is 10.0 Å². The molecule has 128 valence electrons. The molecule has 1 saturated heterocycles. The van der Waals surface area contributed by atoms with Crippen LogP contribution in [-0.4, -0.2) is 65.2 Å². The Morgan fingerprint density at radius 1 is 1.26 bits per heavy atom. The van der Waals surface area contributed by atoms with Crippen molar-refractivity contribution in [2.75, 3.05) is 45.9 Å². The Hall–Kier alpha value is -1.19. The van der Waals surface area contributed by atoms with Crippen LogP contribution in [0, 0.1) is 0 Å². The Bertz CT molecular complexity index is 633. The number of nitrogens with zero attached hydrogens (tertiary/aromatic N) is 1. The molecule has 1 aliphatic rings. The fourth-order valence-electron chi connectivity index (χ4n) is 2.14. The van der Waals surface area contributed by atoms with Crippen molar-refractivity contribution in [3.05, 3.63) is 29.3 Å². The number of nitrogens with one attached hydrogen (secondary N) is 2. The number of rotatable bonds is 7. The Morgan fingerprint density at radius 3 is 2.65 bits per heavy atom. The topological polar surface area (TPSA) is 87.7 Å². The molecule has 1 aromatic rings. The fraction of sp³-hybridized carbons (Fsp3) is 0.500. The third-order valence-corrected chi connectivity index (χ3v) is 5.30. The SMILES string of the molecule is O=C(CNS(=O)(=O)c1ccccc1Cl)NCCN1CCOCC1. The molecule has 1 aliphatic heterocycles. The molecule has 1 amide bonds. The second-order valence-electron chi connectivity index (χ2n) is 5.06. The fourth-order valence-corrected chi connectivity index (χ4v) is 3.64. The first-order valence-electron chi connectivity index (χ1n) is 7.30. The number of carbonyl (C=O) groups excluding carboxylic acids is 1. The van der Waals surface area contributed by atoms with Crippen LogP contribution in [0.1, 0.15) is 0 Å². The van der Waals surface area contributed by atoms with Gasteiger partial charge in [-0.15, -0.1) is 0 Å². The van der Waals surface area contributed by atoms with Crippen LogP contribution >= 0.6 is 11.6 Å². The lowest BCUT2D eigenvalue weighted by Gasteiger charge is -2.26. The molecule has 7 nitrogen and oxygen atoms in total. The van der Waals surface area contributed by atoms with Crippen LogP contribution in [-0.2, 0) is 19.6 Å². The number of hydrogen-bond acceptors (Lipinski definition) is 5. The van der Waals surface area contributed by atoms with E-state index in [0.717, 1.165) is 13.1 Å². The molecular weight excluding hydrogens is 342 g/mol. The van der Waals surface area contributed by atoms with Crippen LogP contribution in [0.3, 0.4) is 0 Å². The summed E-state index contributed by atoms with van der Waals surface area (Å²) >= 11 is 5.86. The quantitative estimate of drug-likeness (QED) is 0.717. The summed E-state index contributed by atoms with van der Waals surface area (Å²) in [5.41, 5.74) is 0. The predicted molar refractivity (Wildman–Crippen MR) is 86.9 cm³/mol. The summed E-state index contributed by atoms with van der Waals surface area (Å²) < 4.78 is 31.6. The molecule has 1 heterocycles. The first-order valence-corrected chi connectivity index (χ1v) is 9.16. The highest BCUT2D eigenvalue weighted by molar-refractivity contribution is 7.89. The smallest absolute Gasteiger partial charge is 0.242 e. The number of benzene rings is 1. The molecule has 0 aromatic heterocycles. The number of hydrogen-bond donors (Lipinski definition) is 2. The van der Waals surface area contributed by atoms with Gasteiger partial charge < -0.3 is 10.1 Å². The number of ether oxygens (including phenoxy) is 1. The average molecular weight is 362 g/mol. The second-order valence-corrected chi connectivity index (χ2v) is 7.20. The molecule has 0 radical (unpaired) electrons. The lowest BCUT2D eigenvalue weighted by Crippen LogP contribution is -2.43. The number of morpholine rings is 1. The van der Waals surface area contributed by atoms with Gasteiger partial charge in [-0.05, 0) is 12.1 Å². The molecule has 2 N–H and O–H groups in total. The lowest BCUT2D eigenvalue weighted by molar-refractivity contribution is -0.120. The number of carbonyl (C=O) groups is 1. The van der Waals surface area contributed by atoms with Gasteiger partial charge in [-0.1, -0.05) is 23.7 Å². The van der Waals surface area contributed by atoms with Crippen molar-refractivity contribution in [3.8, 4) is 0 Å². The maximum Gasteiger partial charge on any atom is 0.242 e. The summed E-state index contributed by atoms with van der Waals surface area (Å²) in [6.07, 6.45) is 0. The van der Waals surface area contributed by atoms with E-state index in [0.29, 0.717) is 26.3 Å². The average Bonchev–Trinajstić information content (AvgIpc) is 2.54. The molecule has 0 aliphatic carbocycles. The molecule has 23 heavy (non-hydrogen) atoms. The van der Waals surface area contributed by atoms with Crippen molar-refractivity contribution in [1.82, 2.24) is 14.9 Å². The first kappa shape index (κ1) is 18.2. The molecule has 9 heteroatoms. The third-order valence-electron chi connectivity index (χ3n) is 3.40. The summed E-state index contributed by atoms with van der Waals surface area (Å²) in [7, 11) is -3.80. The summed E-state index contributed by atoms with van der Waals surface area (Å²) in [6.45, 7) is 3.94. The van der Waals surface area contributed by atoms with Crippen LogP contribution in [0.25, 0.3) is 0 Å². The number of halogens is 1. The molecule has 2 rings (SSSR count). The maximum absolute atomic E-state index is 12.1. The minimum atomic E-state index is -3.80. The molecule has 0 saturated carbocycles. The van der Waals surface area contributed by atoms with Crippen molar-refractivity contribution in [2.24, 2.45) is 0 Å². The molecule has 0 bridgehead atoms. The predicted octanol–water partition coefficient (Wildman–Crippen LogP) is 0.0667. The molecular formula is C14H20ClN3O4S. The van der Waals surface area contributed by atoms with E-state index in [-0.39, 0.29) is 22.4 Å². The van der Waals surface area contributed by atoms with Crippen molar-refractivity contribution in [2.45, 2.75) is 4.90 Å². The van der Waals surface area contributed by atoms with E-state index in [2.05, 4.69) is 14.9 Å². The summed E-state index contributed by atoms with van der Waals surface area (Å²) in [5.74, 6) is -0.381. The zero-order chi connectivity index (χ0) is 16.7. The summed E-state index contributed by atoms with van der Waals surface area (Å²) in [6, 6.07) is 6.09. The highest BCUT2D eigenvalue weighted by Crippen LogP contribution is 2.19. The maximum atomic E-state index is 12.1. The van der Waals surface area contributed by atoms with Gasteiger partial charge in [0.05, 0.1) is 24.8 Å². The van der Waals surface area contributed by atoms with Gasteiger partial charge in [0.15, 0.2) is 0 Å². The van der Waals surface area contributed by atoms with Gasteiger partial charge in [0.25, 0.3) is 0 Å². The summed E-state index contributed by atoms with van der Waals surface area (Å²) in [5, 5.41) is 2.81. The molecule has 0 unspecified atom stereocenters. The molecule has 0 spiro atoms. The number of amides is 1. The van der Waals surface area contributed by atoms with Gasteiger partial charge in [0.1, 0.15) is 4.90 Å². The van der Waals surface area contributed by atoms with E-state index in [1.165, 1.54) is 12.1 Å². The van der Waals surface area contributed by atoms with Crippen molar-refractivity contribution in [3.63, 3.8) is 0 Å². The largest absolute Gasteiger partial charge is 0.379 e. The van der Waals surface area contributed by atoms with Gasteiger partial charge >= 0.3 is 0 Å². The van der Waals surface area contributed by atoms with E-state index in [9.17, 15) is 13.2 Å². The molecule has 1 fully saturated rings. The highest BCUT2D eigenvalue weighted by Gasteiger charge is 2.18. The Labute approximate surface area is 141 Å². The lowest BCUT2D eigenvalue weighted by atomic mass is 10.4. The molecule has 0 atom stereocenters. The van der Waals surface area contributed by atoms with Gasteiger partial charge in [-0.2, -0.15) is 0 Å². The zero-order valence-corrected chi connectivity index (χ0v) is 14.2. The Morgan fingerprint density at radius 2 is 1.96 bits per heavy atom. The number of sulfonamides is 1. The van der Waals surface area contributed by atoms with Crippen molar-refractivity contribution < 1.29 is 17.9 Å². The minimum Gasteiger partial charge on any atom is -0.379 e. The molecule has 1 aromatic carbocycles. The Balaban J connectivity index is 1.74. The zero-order valence-electron chi connectivity index (χ0n) is 12.6. The Kier molecular flexibility index (Phi) is 6.79. The first-order chi connectivity index (χ1) is 11.0. The van der Waals surface area contributed by atoms with Crippen LogP contribution in [0.15, 0.2) is 29.2 Å². The van der Waals surface area contributed by atoms with Gasteiger partial charge in [-0.3, -0.25) is 9.69 Å². The van der Waals surface area contributed by atoms with Crippen LogP contribution < -0.4 is 10.0 Å². The monoisotopic (exact) mass is 361 g/mol. The van der Waals surface area contributed by atoms with E-state index in [4.69, 9.17) is 16.3 Å². The third kappa shape index (κ3) is 5.74.